The predicted octanol–water partition coefficient (Wildman–Crippen LogP) is 11.0. The fourth-order valence-electron chi connectivity index (χ4n) is 23.4. The summed E-state index contributed by atoms with van der Waals surface area (Å²) in [4.78, 5) is 31.5. The lowest BCUT2D eigenvalue weighted by atomic mass is 9.54. The maximum Gasteiger partial charge on any atom is 0.337 e. The number of aliphatic hydroxyl groups is 5. The van der Waals surface area contributed by atoms with Crippen molar-refractivity contribution in [1.82, 2.24) is 16.0 Å². The minimum absolute atomic E-state index is 0.0115. The molecule has 18 unspecified atom stereocenters. The molecule has 18 atom stereocenters. The number of aromatic hydroxyl groups is 2. The highest BCUT2D eigenvalue weighted by Crippen LogP contribution is 2.69. The number of nitrogens with one attached hydrogen (secondary N) is 3. The lowest BCUT2D eigenvalue weighted by molar-refractivity contribution is -0.173. The number of aliphatic hydroxyl groups excluding tert-OH is 4. The van der Waals surface area contributed by atoms with Crippen LogP contribution in [-0.4, -0.2) is 90.5 Å². The van der Waals surface area contributed by atoms with Gasteiger partial charge in [-0.25, -0.2) is 4.79 Å². The van der Waals surface area contributed by atoms with E-state index in [1.165, 1.54) is 42.9 Å². The van der Waals surface area contributed by atoms with Crippen LogP contribution in [0.1, 0.15) is 199 Å². The average Bonchev–Trinajstić information content (AvgIpc) is 1.64. The SMILES string of the molecule is CC=C(C(=O)OC1Cc2c3c(c4oc(CO)cc(=O)c4c2O)C2C4=CCNC(N)=C4C(C4CCC5=C6C=CC(C)NC6NC=C5CC4C1(C)O3)C1(CCCC1)Cc1ccc(O)cc1C2CO)C1(O)CC2c3cccc4c3C3(C=CC2C1C3)CC(CC(O)CC(C)C1CCCC1)C4O. The van der Waals surface area contributed by atoms with Gasteiger partial charge in [-0.3, -0.25) is 10.1 Å². The Morgan fingerprint density at radius 1 is 0.969 bits per heavy atom. The number of hydrogen-bond acceptors (Lipinski definition) is 16. The number of esters is 1. The molecule has 14 aliphatic rings. The summed E-state index contributed by atoms with van der Waals surface area (Å²) in [5.41, 5.74) is 13.7. The van der Waals surface area contributed by atoms with Crippen molar-refractivity contribution in [3.8, 4) is 17.2 Å². The molecule has 12 N–H and O–H groups in total. The van der Waals surface area contributed by atoms with Gasteiger partial charge in [0.1, 0.15) is 69.9 Å². The standard InChI is InChI=1S/C81H96N4O12/c1-5-60(81(94)35-58-50-21-25-80(36-62(50)81)34-44(71(91)55-14-10-13-51(58)69(55)80)28-47(89)27-40(2)42-11-6-7-12-42)77(93)96-64-32-57-72(92)67-63(90)31-48(38-86)95-74(67)68-65-54-22-26-83-75(82)66(54)70(79(23-8-9-24-79)33-43-16-17-46(88)30-56(43)59(65)39-87)53-20-19-49-45(29-61(53)78(64,4)97-73(57)68)37-84-76-52(49)18-15-41(3)85-76/h5,10,13-18,21-22,25,30-31,37,40-42,44,47,50,53,58-59,61-62,64-65,70-71,76,83-89,91-92,94H,6-9,11-12,19-20,23-24,26-29,32-36,38-39,82H2,1-4H3. The highest BCUT2D eigenvalue weighted by atomic mass is 16.6. The zero-order valence-electron chi connectivity index (χ0n) is 56.4. The van der Waals surface area contributed by atoms with Crippen LogP contribution in [0.2, 0.25) is 0 Å². The van der Waals surface area contributed by atoms with E-state index in [2.05, 4.69) is 85.4 Å². The van der Waals surface area contributed by atoms with Crippen molar-refractivity contribution in [1.29, 1.82) is 0 Å². The van der Waals surface area contributed by atoms with Crippen molar-refractivity contribution in [3.05, 3.63) is 179 Å². The zero-order chi connectivity index (χ0) is 66.9. The first-order valence-electron chi connectivity index (χ1n) is 36.7. The second kappa shape index (κ2) is 23.3. The number of dihydropyridines is 2. The van der Waals surface area contributed by atoms with Crippen molar-refractivity contribution >= 4 is 16.9 Å². The lowest BCUT2D eigenvalue weighted by Crippen LogP contribution is -2.60. The molecule has 9 aliphatic carbocycles. The summed E-state index contributed by atoms with van der Waals surface area (Å²) in [6, 6.07) is 13.1. The summed E-state index contributed by atoms with van der Waals surface area (Å²) in [6.07, 6.45) is 25.9. The van der Waals surface area contributed by atoms with Crippen LogP contribution < -0.4 is 31.8 Å². The van der Waals surface area contributed by atoms with Gasteiger partial charge in [0, 0.05) is 71.5 Å². The van der Waals surface area contributed by atoms with Crippen LogP contribution in [0.25, 0.3) is 11.0 Å². The molecule has 2 spiro atoms. The number of phenolic OH excluding ortho intramolecular Hbond substituents is 2. The quantitative estimate of drug-likeness (QED) is 0.0400. The molecule has 512 valence electrons. The Morgan fingerprint density at radius 3 is 2.56 bits per heavy atom. The van der Waals surface area contributed by atoms with Gasteiger partial charge in [-0.1, -0.05) is 106 Å². The molecule has 3 aromatic carbocycles. The van der Waals surface area contributed by atoms with Crippen LogP contribution in [0.3, 0.4) is 0 Å². The minimum atomic E-state index is -1.68. The Bertz CT molecular complexity index is 4240. The Morgan fingerprint density at radius 2 is 1.77 bits per heavy atom. The van der Waals surface area contributed by atoms with E-state index in [1.54, 1.807) is 25.1 Å². The largest absolute Gasteiger partial charge is 0.508 e. The van der Waals surface area contributed by atoms with E-state index in [1.807, 2.05) is 12.1 Å². The Hall–Kier alpha value is -6.92. The van der Waals surface area contributed by atoms with E-state index in [4.69, 9.17) is 19.6 Å². The molecule has 0 saturated heterocycles. The Labute approximate surface area is 567 Å². The number of benzene rings is 3. The first-order chi connectivity index (χ1) is 46.8. The van der Waals surface area contributed by atoms with E-state index in [0.29, 0.717) is 81.1 Å². The molecule has 4 aromatic rings. The first kappa shape index (κ1) is 63.5. The lowest BCUT2D eigenvalue weighted by Gasteiger charge is -2.55. The molecule has 8 bridgehead atoms. The molecule has 97 heavy (non-hydrogen) atoms. The van der Waals surface area contributed by atoms with Gasteiger partial charge in [0.15, 0.2) is 5.43 Å². The molecule has 5 aliphatic heterocycles. The molecule has 1 aromatic heterocycles. The fourth-order valence-corrected chi connectivity index (χ4v) is 23.4. The third-order valence-electron chi connectivity index (χ3n) is 27.6. The third-order valence-corrected chi connectivity index (χ3v) is 27.6. The molecule has 0 amide bonds. The van der Waals surface area contributed by atoms with Crippen LogP contribution in [0.15, 0.2) is 134 Å². The Balaban J connectivity index is 0.838. The second-order valence-electron chi connectivity index (χ2n) is 32.4. The van der Waals surface area contributed by atoms with Crippen molar-refractivity contribution in [2.75, 3.05) is 13.2 Å². The van der Waals surface area contributed by atoms with E-state index in [-0.39, 0.29) is 94.0 Å². The van der Waals surface area contributed by atoms with E-state index in [9.17, 15) is 35.7 Å². The average molecular weight is 1320 g/mol. The number of nitrogens with two attached hydrogens (primary N) is 1. The summed E-state index contributed by atoms with van der Waals surface area (Å²) in [7, 11) is 0. The number of phenols is 2. The number of hydrogen-bond donors (Lipinski definition) is 11. The first-order valence-corrected chi connectivity index (χ1v) is 36.7. The molecule has 18 rings (SSSR count). The van der Waals surface area contributed by atoms with Gasteiger partial charge in [0.25, 0.3) is 0 Å². The van der Waals surface area contributed by atoms with E-state index < -0.39 is 94.4 Å². The van der Waals surface area contributed by atoms with Gasteiger partial charge in [0.2, 0.25) is 0 Å². The molecule has 16 nitrogen and oxygen atoms in total. The maximum atomic E-state index is 16.5. The van der Waals surface area contributed by atoms with Gasteiger partial charge in [-0.05, 0) is 206 Å². The van der Waals surface area contributed by atoms with Gasteiger partial charge in [-0.2, -0.15) is 0 Å². The number of rotatable bonds is 10. The normalized spacial score (nSPS) is 36.2. The van der Waals surface area contributed by atoms with Gasteiger partial charge in [0.05, 0.1) is 24.4 Å². The number of fused-ring (bicyclic) bond motifs is 11. The van der Waals surface area contributed by atoms with Crippen molar-refractivity contribution < 1.29 is 54.4 Å². The van der Waals surface area contributed by atoms with Crippen LogP contribution in [0, 0.1) is 52.8 Å². The molecule has 16 heteroatoms. The van der Waals surface area contributed by atoms with Gasteiger partial charge < -0.3 is 66.0 Å². The summed E-state index contributed by atoms with van der Waals surface area (Å²) < 4.78 is 22.3. The van der Waals surface area contributed by atoms with Crippen LogP contribution in [0.5, 0.6) is 17.2 Å². The molecular weight excluding hydrogens is 1220 g/mol. The Kier molecular flexibility index (Phi) is 15.3. The van der Waals surface area contributed by atoms with Gasteiger partial charge in [-0.15, -0.1) is 0 Å². The monoisotopic (exact) mass is 1320 g/mol. The fraction of sp³-hybridized carbons (Fsp3) is 0.556. The summed E-state index contributed by atoms with van der Waals surface area (Å²) in [5, 5.41) is 97.5. The summed E-state index contributed by atoms with van der Waals surface area (Å²) in [6.45, 7) is 7.57. The van der Waals surface area contributed by atoms with Gasteiger partial charge >= 0.3 is 5.97 Å². The topological polar surface area (TPSA) is 269 Å². The number of carbonyl (C=O) groups excluding carboxylic acids is 1. The van der Waals surface area contributed by atoms with E-state index in [0.717, 1.165) is 70.2 Å². The number of carbonyl (C=O) groups is 1. The number of ether oxygens (including phenoxy) is 2. The van der Waals surface area contributed by atoms with Crippen molar-refractivity contribution in [2.24, 2.45) is 58.5 Å². The zero-order valence-corrected chi connectivity index (χ0v) is 56.4. The smallest absolute Gasteiger partial charge is 0.337 e. The molecular formula is C81H96N4O12. The maximum absolute atomic E-state index is 16.5. The summed E-state index contributed by atoms with van der Waals surface area (Å²) in [5.74, 6) is -3.14. The van der Waals surface area contributed by atoms with E-state index >= 15 is 9.59 Å². The van der Waals surface area contributed by atoms with Crippen molar-refractivity contribution in [3.63, 3.8) is 0 Å². The molecule has 4 saturated carbocycles. The predicted molar refractivity (Wildman–Crippen MR) is 368 cm³/mol. The molecule has 6 heterocycles. The van der Waals surface area contributed by atoms with Crippen LogP contribution in [0.4, 0.5) is 0 Å². The molecule has 4 fully saturated rings. The van der Waals surface area contributed by atoms with Crippen LogP contribution in [-0.2, 0) is 34.4 Å². The second-order valence-corrected chi connectivity index (χ2v) is 32.4. The highest BCUT2D eigenvalue weighted by molar-refractivity contribution is 5.93. The highest BCUT2D eigenvalue weighted by Gasteiger charge is 2.66. The third kappa shape index (κ3) is 9.54. The number of allylic oxidation sites excluding steroid dienone is 7. The summed E-state index contributed by atoms with van der Waals surface area (Å²) >= 11 is 0. The minimum Gasteiger partial charge on any atom is -0.508 e. The molecule has 0 radical (unpaired) electrons. The van der Waals surface area contributed by atoms with Crippen molar-refractivity contribution in [2.45, 2.75) is 215 Å². The van der Waals surface area contributed by atoms with Crippen LogP contribution >= 0.6 is 0 Å².